The third-order valence-electron chi connectivity index (χ3n) is 6.55. The normalized spacial score (nSPS) is 14.9. The van der Waals surface area contributed by atoms with Crippen LogP contribution in [0.1, 0.15) is 23.1 Å². The Hall–Kier alpha value is -4.15. The van der Waals surface area contributed by atoms with Crippen molar-refractivity contribution in [1.29, 1.82) is 0 Å². The van der Waals surface area contributed by atoms with E-state index in [1.165, 1.54) is 5.56 Å². The van der Waals surface area contributed by atoms with E-state index in [4.69, 9.17) is 13.5 Å². The Bertz CT molecular complexity index is 1470. The van der Waals surface area contributed by atoms with Gasteiger partial charge in [0.05, 0.1) is 13.1 Å². The minimum atomic E-state index is 0.423. The summed E-state index contributed by atoms with van der Waals surface area (Å²) >= 11 is 0. The average molecular weight is 498 g/mol. The highest BCUT2D eigenvalue weighted by molar-refractivity contribution is 5.77. The number of benzene rings is 2. The van der Waals surface area contributed by atoms with Gasteiger partial charge >= 0.3 is 0 Å². The van der Waals surface area contributed by atoms with Gasteiger partial charge in [-0.05, 0) is 13.8 Å². The number of nitrogens with zero attached hydrogens (tertiary/aromatic N) is 7. The second kappa shape index (κ2) is 10.1. The molecular weight excluding hydrogens is 470 g/mol. The first-order valence-electron chi connectivity index (χ1n) is 12.3. The molecule has 0 atom stereocenters. The summed E-state index contributed by atoms with van der Waals surface area (Å²) in [5.41, 5.74) is 4.54. The lowest BCUT2D eigenvalue weighted by Gasteiger charge is -2.32. The summed E-state index contributed by atoms with van der Waals surface area (Å²) in [4.78, 5) is 9.19. The lowest BCUT2D eigenvalue weighted by Crippen LogP contribution is -2.45. The molecular formula is C27H27N7O3. The maximum absolute atomic E-state index is 6.04. The maximum Gasteiger partial charge on any atom is 0.253 e. The third-order valence-corrected chi connectivity index (χ3v) is 6.55. The van der Waals surface area contributed by atoms with E-state index in [1.54, 1.807) is 0 Å². The zero-order valence-electron chi connectivity index (χ0n) is 20.8. The number of hydrogen-bond donors (Lipinski definition) is 0. The van der Waals surface area contributed by atoms with Crippen molar-refractivity contribution in [2.24, 2.45) is 0 Å². The van der Waals surface area contributed by atoms with Gasteiger partial charge in [0.25, 0.3) is 5.89 Å². The lowest BCUT2D eigenvalue weighted by atomic mass is 10.1. The van der Waals surface area contributed by atoms with Crippen LogP contribution in [0.4, 0.5) is 0 Å². The predicted molar refractivity (Wildman–Crippen MR) is 135 cm³/mol. The fraction of sp³-hybridized carbons (Fsp3) is 0.296. The van der Waals surface area contributed by atoms with Gasteiger partial charge in [0.2, 0.25) is 17.6 Å². The zero-order valence-corrected chi connectivity index (χ0v) is 20.8. The summed E-state index contributed by atoms with van der Waals surface area (Å²) in [6.45, 7) is 8.64. The van der Waals surface area contributed by atoms with Gasteiger partial charge in [0, 0.05) is 37.3 Å². The second-order valence-electron chi connectivity index (χ2n) is 9.26. The molecule has 0 bridgehead atoms. The Labute approximate surface area is 213 Å². The summed E-state index contributed by atoms with van der Waals surface area (Å²) in [6.07, 6.45) is 0. The lowest BCUT2D eigenvalue weighted by molar-refractivity contribution is 0.106. The first-order chi connectivity index (χ1) is 18.1. The van der Waals surface area contributed by atoms with Gasteiger partial charge in [-0.25, -0.2) is 0 Å². The topological polar surface area (TPSA) is 110 Å². The van der Waals surface area contributed by atoms with Gasteiger partial charge in [-0.2, -0.15) is 4.98 Å². The molecule has 0 N–H and O–H groups in total. The van der Waals surface area contributed by atoms with Gasteiger partial charge < -0.3 is 13.5 Å². The smallest absolute Gasteiger partial charge is 0.253 e. The van der Waals surface area contributed by atoms with Gasteiger partial charge in [0.15, 0.2) is 0 Å². The highest BCUT2D eigenvalue weighted by atomic mass is 16.5. The van der Waals surface area contributed by atoms with Gasteiger partial charge in [-0.1, -0.05) is 70.5 Å². The molecule has 2 aromatic carbocycles. The summed E-state index contributed by atoms with van der Waals surface area (Å²) in [5.74, 6) is 2.90. The predicted octanol–water partition coefficient (Wildman–Crippen LogP) is 4.38. The van der Waals surface area contributed by atoms with E-state index in [-0.39, 0.29) is 0 Å². The molecule has 10 heteroatoms. The number of piperazine rings is 1. The Morgan fingerprint density at radius 3 is 2.16 bits per heavy atom. The van der Waals surface area contributed by atoms with Crippen molar-refractivity contribution in [3.63, 3.8) is 0 Å². The highest BCUT2D eigenvalue weighted by Crippen LogP contribution is 2.33. The van der Waals surface area contributed by atoms with Crippen molar-refractivity contribution in [2.75, 3.05) is 26.2 Å². The van der Waals surface area contributed by atoms with Gasteiger partial charge in [0.1, 0.15) is 17.0 Å². The molecule has 0 saturated carbocycles. The van der Waals surface area contributed by atoms with Crippen LogP contribution in [0.5, 0.6) is 0 Å². The van der Waals surface area contributed by atoms with Crippen LogP contribution < -0.4 is 0 Å². The fourth-order valence-corrected chi connectivity index (χ4v) is 4.46. The first kappa shape index (κ1) is 23.3. The van der Waals surface area contributed by atoms with E-state index in [0.717, 1.165) is 42.9 Å². The van der Waals surface area contributed by atoms with Crippen LogP contribution >= 0.6 is 0 Å². The number of rotatable bonds is 7. The van der Waals surface area contributed by atoms with Crippen LogP contribution in [-0.2, 0) is 13.1 Å². The summed E-state index contributed by atoms with van der Waals surface area (Å²) < 4.78 is 17.0. The van der Waals surface area contributed by atoms with Gasteiger partial charge in [-0.3, -0.25) is 9.80 Å². The van der Waals surface area contributed by atoms with Crippen LogP contribution in [0.25, 0.3) is 34.1 Å². The molecule has 4 heterocycles. The molecule has 0 unspecified atom stereocenters. The minimum Gasteiger partial charge on any atom is -0.419 e. The monoisotopic (exact) mass is 497 g/mol. The second-order valence-corrected chi connectivity index (χ2v) is 9.26. The van der Waals surface area contributed by atoms with E-state index in [2.05, 4.69) is 42.2 Å². The van der Waals surface area contributed by atoms with E-state index in [1.807, 2.05) is 61.5 Å². The van der Waals surface area contributed by atoms with Crippen LogP contribution in [0.15, 0.2) is 68.1 Å². The van der Waals surface area contributed by atoms with Gasteiger partial charge in [-0.15, -0.1) is 10.2 Å². The number of hydrogen-bond acceptors (Lipinski definition) is 10. The molecule has 0 aliphatic carbocycles. The van der Waals surface area contributed by atoms with Crippen molar-refractivity contribution in [2.45, 2.75) is 26.9 Å². The van der Waals surface area contributed by atoms with Crippen LogP contribution in [0.2, 0.25) is 0 Å². The third kappa shape index (κ3) is 5.07. The molecule has 1 aliphatic rings. The Morgan fingerprint density at radius 1 is 0.730 bits per heavy atom. The summed E-state index contributed by atoms with van der Waals surface area (Å²) in [7, 11) is 0. The Balaban J connectivity index is 1.05. The summed E-state index contributed by atoms with van der Waals surface area (Å²) in [6, 6.07) is 18.0. The molecule has 1 aliphatic heterocycles. The first-order valence-corrected chi connectivity index (χ1v) is 12.3. The number of aromatic nitrogens is 5. The SMILES string of the molecule is Cc1ccc(-c2noc(CN3CCN(Cc4nnc(-c5c(-c6ccccc6)noc5C)o4)CC3)n2)cc1. The van der Waals surface area contributed by atoms with E-state index < -0.39 is 0 Å². The minimum absolute atomic E-state index is 0.423. The Kier molecular flexibility index (Phi) is 6.33. The van der Waals surface area contributed by atoms with Crippen molar-refractivity contribution < 1.29 is 13.5 Å². The number of aryl methyl sites for hydroxylation is 2. The molecule has 10 nitrogen and oxygen atoms in total. The molecule has 1 saturated heterocycles. The molecule has 0 amide bonds. The molecule has 3 aromatic heterocycles. The van der Waals surface area contributed by atoms with Crippen molar-refractivity contribution in [3.05, 3.63) is 77.7 Å². The molecule has 0 spiro atoms. The Morgan fingerprint density at radius 2 is 1.43 bits per heavy atom. The van der Waals surface area contributed by atoms with Crippen molar-refractivity contribution in [3.8, 4) is 34.1 Å². The maximum atomic E-state index is 6.04. The largest absolute Gasteiger partial charge is 0.419 e. The van der Waals surface area contributed by atoms with Crippen LogP contribution in [0.3, 0.4) is 0 Å². The van der Waals surface area contributed by atoms with Crippen molar-refractivity contribution in [1.82, 2.24) is 35.3 Å². The molecule has 1 fully saturated rings. The molecule has 5 aromatic rings. The molecule has 0 radical (unpaired) electrons. The van der Waals surface area contributed by atoms with Crippen LogP contribution in [-0.4, -0.2) is 61.5 Å². The molecule has 37 heavy (non-hydrogen) atoms. The average Bonchev–Trinajstić information content (AvgIpc) is 3.66. The van der Waals surface area contributed by atoms with Crippen molar-refractivity contribution >= 4 is 0 Å². The van der Waals surface area contributed by atoms with Crippen LogP contribution in [0, 0.1) is 13.8 Å². The highest BCUT2D eigenvalue weighted by Gasteiger charge is 2.24. The molecule has 6 rings (SSSR count). The zero-order chi connectivity index (χ0) is 25.2. The van der Waals surface area contributed by atoms with E-state index >= 15 is 0 Å². The van der Waals surface area contributed by atoms with E-state index in [9.17, 15) is 0 Å². The standard InChI is InChI=1S/C27H27N7O3/c1-18-8-10-21(11-9-18)26-28-22(37-32-26)16-33-12-14-34(15-13-33)17-23-29-30-27(35-23)24-19(2)36-31-25(24)20-6-4-3-5-7-20/h3-11H,12-17H2,1-2H3. The quantitative estimate of drug-likeness (QED) is 0.321. The molecule has 188 valence electrons. The fourth-order valence-electron chi connectivity index (χ4n) is 4.46. The summed E-state index contributed by atoms with van der Waals surface area (Å²) in [5, 5.41) is 16.9. The van der Waals surface area contributed by atoms with E-state index in [0.29, 0.717) is 48.0 Å².